The molecule has 6 atom stereocenters. The number of pyridine rings is 5. The summed E-state index contributed by atoms with van der Waals surface area (Å²) >= 11 is 0. The Morgan fingerprint density at radius 2 is 0.716 bits per heavy atom. The SMILES string of the molecule is CC1=C(C2=NC(C(C)C)CO2)c2c(C#CC(C)(C)O)cn(C)c(=O)c2C1.CC1=C(C2=NC(C(C)C)CO2)c2c(C#CC(C)(O)C3CC3)cn(C)c(=O)c2C1.CC1=C(C2=NCC(C)(C)O2)c2c(C#CC(C)(O)C3CC3)cn(C)c(=O)c2C1.CC1=C(c2nnc(CO)o2)c2c(C#CC(C)(O)C3CC3)cn(C)c(=O)c2C1.CC1=C(c2nnc(CO)o2)c2c(C#CC(O)(c3ccccc3)C(F)(F)F)cn(C)c(=O)c2C1. The lowest BCUT2D eigenvalue weighted by atomic mass is 9.92. The number of fused-ring (bicyclic) bond motifs is 5. The Balaban J connectivity index is 0.000000133. The molecule has 0 spiro atoms. The molecule has 0 saturated heterocycles. The van der Waals surface area contributed by atoms with Gasteiger partial charge in [-0.3, -0.25) is 24.0 Å². The minimum absolute atomic E-state index is 0.0112. The average molecular weight is 1930 g/mol. The lowest BCUT2D eigenvalue weighted by Gasteiger charge is -2.25. The van der Waals surface area contributed by atoms with Crippen molar-refractivity contribution in [3.05, 3.63) is 254 Å². The van der Waals surface area contributed by atoms with Crippen molar-refractivity contribution in [2.75, 3.05) is 19.8 Å². The van der Waals surface area contributed by atoms with E-state index in [4.69, 9.17) is 33.0 Å². The second kappa shape index (κ2) is 38.9. The van der Waals surface area contributed by atoms with Crippen LogP contribution in [-0.2, 0) is 100 Å². The second-order valence-corrected chi connectivity index (χ2v) is 40.8. The summed E-state index contributed by atoms with van der Waals surface area (Å²) in [6.07, 6.45) is 11.6. The molecule has 10 heterocycles. The quantitative estimate of drug-likeness (QED) is 0.0527. The van der Waals surface area contributed by atoms with E-state index in [2.05, 4.69) is 106 Å². The lowest BCUT2D eigenvalue weighted by Crippen LogP contribution is -2.41. The van der Waals surface area contributed by atoms with Crippen LogP contribution in [0.2, 0.25) is 0 Å². The number of alkyl halides is 3. The van der Waals surface area contributed by atoms with Crippen LogP contribution in [0, 0.1) is 88.8 Å². The van der Waals surface area contributed by atoms with E-state index in [0.29, 0.717) is 114 Å². The number of aliphatic hydroxyl groups is 7. The normalized spacial score (nSPS) is 19.5. The maximum Gasteiger partial charge on any atom is 0.433 e. The number of aliphatic imine (C=N–C) groups is 3. The zero-order valence-electron chi connectivity index (χ0n) is 83.3. The first-order chi connectivity index (χ1) is 66.2. The van der Waals surface area contributed by atoms with E-state index in [1.54, 1.807) is 108 Å². The molecule has 8 aliphatic carbocycles. The zero-order chi connectivity index (χ0) is 102. The van der Waals surface area contributed by atoms with Gasteiger partial charge in [-0.2, -0.15) is 13.2 Å². The molecule has 3 saturated carbocycles. The van der Waals surface area contributed by atoms with Gasteiger partial charge in [0.05, 0.1) is 18.6 Å². The third-order valence-corrected chi connectivity index (χ3v) is 27.0. The molecule has 29 nitrogen and oxygen atoms in total. The van der Waals surface area contributed by atoms with Crippen LogP contribution in [0.3, 0.4) is 0 Å². The Bertz CT molecular complexity index is 7430. The summed E-state index contributed by atoms with van der Waals surface area (Å²) in [6.45, 7) is 31.7. The van der Waals surface area contributed by atoms with Gasteiger partial charge >= 0.3 is 6.18 Å². The molecule has 6 unspecified atom stereocenters. The summed E-state index contributed by atoms with van der Waals surface area (Å²) in [5, 5.41) is 86.1. The summed E-state index contributed by atoms with van der Waals surface area (Å²) in [5.74, 6) is 32.5. The van der Waals surface area contributed by atoms with Gasteiger partial charge in [-0.15, -0.1) is 20.4 Å². The molecule has 3 aliphatic heterocycles. The highest BCUT2D eigenvalue weighted by Gasteiger charge is 2.55. The lowest BCUT2D eigenvalue weighted by molar-refractivity contribution is -0.240. The summed E-state index contributed by atoms with van der Waals surface area (Å²) in [6, 6.07) is 6.81. The fourth-order valence-electron chi connectivity index (χ4n) is 18.5. The number of rotatable bonds is 13. The highest BCUT2D eigenvalue weighted by atomic mass is 19.4. The Kier molecular flexibility index (Phi) is 28.2. The van der Waals surface area contributed by atoms with Crippen molar-refractivity contribution in [1.82, 2.24) is 43.2 Å². The van der Waals surface area contributed by atoms with Crippen molar-refractivity contribution in [3.63, 3.8) is 0 Å². The molecule has 7 N–H and O–H groups in total. The molecule has 141 heavy (non-hydrogen) atoms. The van der Waals surface area contributed by atoms with Gasteiger partial charge < -0.3 is 81.6 Å². The number of benzene rings is 1. The van der Waals surface area contributed by atoms with Gasteiger partial charge in [0.15, 0.2) is 0 Å². The van der Waals surface area contributed by atoms with Crippen LogP contribution in [0.4, 0.5) is 13.2 Å². The molecule has 0 bridgehead atoms. The number of allylic oxidation sites excluding steroid dienone is 5. The highest BCUT2D eigenvalue weighted by molar-refractivity contribution is 6.25. The van der Waals surface area contributed by atoms with Crippen LogP contribution < -0.4 is 27.8 Å². The Morgan fingerprint density at radius 1 is 0.426 bits per heavy atom. The van der Waals surface area contributed by atoms with Crippen molar-refractivity contribution in [1.29, 1.82) is 0 Å². The van der Waals surface area contributed by atoms with Gasteiger partial charge in [-0.05, 0) is 157 Å². The Labute approximate surface area is 815 Å². The predicted molar refractivity (Wildman–Crippen MR) is 527 cm³/mol. The molecule has 8 aromatic rings. The van der Waals surface area contributed by atoms with Crippen LogP contribution in [-0.4, -0.2) is 163 Å². The molecule has 0 amide bonds. The number of hydrogen-bond donors (Lipinski definition) is 7. The number of hydrogen-bond acceptors (Lipinski definition) is 24. The molecule has 738 valence electrons. The molecular formula is C109H119F3N12O17. The van der Waals surface area contributed by atoms with Gasteiger partial charge in [0, 0.05) is 215 Å². The van der Waals surface area contributed by atoms with E-state index in [1.165, 1.54) is 40.6 Å². The highest BCUT2D eigenvalue weighted by Crippen LogP contribution is 2.47. The van der Waals surface area contributed by atoms with Crippen LogP contribution in [0.15, 0.2) is 137 Å². The van der Waals surface area contributed by atoms with Gasteiger partial charge in [-0.1, -0.05) is 139 Å². The van der Waals surface area contributed by atoms with Gasteiger partial charge in [0.2, 0.25) is 46.9 Å². The van der Waals surface area contributed by atoms with Crippen LogP contribution in [0.25, 0.3) is 27.9 Å². The predicted octanol–water partition coefficient (Wildman–Crippen LogP) is 11.0. The number of ether oxygens (including phenoxy) is 3. The summed E-state index contributed by atoms with van der Waals surface area (Å²) in [7, 11) is 8.37. The van der Waals surface area contributed by atoms with E-state index in [0.717, 1.165) is 140 Å². The monoisotopic (exact) mass is 1920 g/mol. The third-order valence-electron chi connectivity index (χ3n) is 27.0. The maximum atomic E-state index is 13.9. The smallest absolute Gasteiger partial charge is 0.433 e. The number of aliphatic hydroxyl groups excluding tert-OH is 2. The van der Waals surface area contributed by atoms with E-state index in [-0.39, 0.29) is 111 Å². The molecule has 3 fully saturated rings. The van der Waals surface area contributed by atoms with Gasteiger partial charge in [0.25, 0.3) is 27.8 Å². The number of nitrogens with zero attached hydrogens (tertiary/aromatic N) is 12. The molecule has 11 aliphatic rings. The van der Waals surface area contributed by atoms with Crippen LogP contribution in [0.1, 0.15) is 262 Å². The van der Waals surface area contributed by atoms with Crippen molar-refractivity contribution in [3.8, 4) is 59.2 Å². The first-order valence-electron chi connectivity index (χ1n) is 47.3. The van der Waals surface area contributed by atoms with Crippen molar-refractivity contribution in [2.24, 2.45) is 79.8 Å². The van der Waals surface area contributed by atoms with E-state index >= 15 is 0 Å². The zero-order valence-corrected chi connectivity index (χ0v) is 83.3. The Morgan fingerprint density at radius 3 is 0.979 bits per heavy atom. The van der Waals surface area contributed by atoms with Gasteiger partial charge in [-0.25, -0.2) is 15.0 Å². The van der Waals surface area contributed by atoms with E-state index < -0.39 is 46.4 Å². The molecule has 0 radical (unpaired) electrons. The van der Waals surface area contributed by atoms with Crippen molar-refractivity contribution < 1.29 is 72.0 Å². The fraction of sp³-hybridized carbons (Fsp3) is 0.468. The van der Waals surface area contributed by atoms with Crippen molar-refractivity contribution in [2.45, 2.75) is 246 Å². The third kappa shape index (κ3) is 21.1. The van der Waals surface area contributed by atoms with E-state index in [1.807, 2.05) is 47.5 Å². The summed E-state index contributed by atoms with van der Waals surface area (Å²) < 4.78 is 77.9. The average Bonchev–Trinajstić information content (AvgIpc) is 1.61. The number of aromatic nitrogens is 9. The van der Waals surface area contributed by atoms with Crippen molar-refractivity contribution >= 4 is 45.6 Å². The minimum atomic E-state index is -5.08. The molecule has 1 aromatic carbocycles. The van der Waals surface area contributed by atoms with Crippen LogP contribution in [0.5, 0.6) is 0 Å². The molecule has 32 heteroatoms. The van der Waals surface area contributed by atoms with E-state index in [9.17, 15) is 72.9 Å². The first-order valence-corrected chi connectivity index (χ1v) is 47.3. The van der Waals surface area contributed by atoms with Gasteiger partial charge in [0.1, 0.15) is 54.4 Å². The first kappa shape index (κ1) is 102. The largest absolute Gasteiger partial charge is 0.475 e. The Hall–Kier alpha value is -13.3. The second-order valence-electron chi connectivity index (χ2n) is 40.8. The topological polar surface area (TPSA) is 394 Å². The standard InChI is InChI=1S/C23H18F3N3O4.C23H28N2O3.C22H26N2O3.C21H26N2O3.C20H21N3O4/c1-13-10-16-19(18(13)20-28-27-17(12-30)33-20)14(11-29(2)21(16)31)8-9-22(32,23(24,25)26)15-6-4-3-5-7-15;1-13(2)18-12-28-21(24-18)19-14(3)10-17-20(19)15(11-25(5)22(17)26)8-9-23(4,27)16-6-7-16;1-13-10-16-18(17(13)19-23-12-21(2,3)27-19)14(11-24(5)20(16)25)8-9-22(4,26)15-6-7-15;1-12(2)16-11-26-19(22-16)17-13(3)9-15-18(17)14(7-8-21(4,5)25)10-23(6)20(15)24;1-11-8-14-17(16(11)18-22-21-15(10-24)27-18)12(9-23(3)19(14)25)6-7-20(2,26)13-4-5-13/h3-7,11,30,32H,10,12H2,1-2H3;11,13,16,18,27H,6-7,10,12H2,1-5H3;11,15,26H,6-7,10,12H2,1-5H3;10,12,16,25H,9,11H2,1-6H3;9,13,24,26H,4-5,8,10H2,1-3H3. The number of halogens is 3. The molecule has 7 aromatic heterocycles. The summed E-state index contributed by atoms with van der Waals surface area (Å²) in [4.78, 5) is 77.7. The molecular weight excluding hydrogens is 1810 g/mol. The molecule has 19 rings (SSSR count). The number of aryl methyl sites for hydroxylation is 5. The minimum Gasteiger partial charge on any atom is -0.475 e. The summed E-state index contributed by atoms with van der Waals surface area (Å²) in [5.41, 5.74) is 9.25. The maximum absolute atomic E-state index is 13.9. The van der Waals surface area contributed by atoms with Crippen LogP contribution >= 0.6 is 0 Å². The fourth-order valence-corrected chi connectivity index (χ4v) is 18.5.